The number of ether oxygens (including phenoxy) is 6. The third kappa shape index (κ3) is 5.03. The summed E-state index contributed by atoms with van der Waals surface area (Å²) in [5.41, 5.74) is -4.75. The molecule has 12 nitrogen and oxygen atoms in total. The van der Waals surface area contributed by atoms with E-state index in [1.54, 1.807) is 53.7 Å². The summed E-state index contributed by atoms with van der Waals surface area (Å²) in [6, 6.07) is 0. The summed E-state index contributed by atoms with van der Waals surface area (Å²) in [7, 11) is 0. The van der Waals surface area contributed by atoms with Crippen molar-refractivity contribution in [2.24, 2.45) is 40.4 Å². The molecular weight excluding hydrogens is 624 g/mol. The van der Waals surface area contributed by atoms with E-state index in [0.717, 1.165) is 0 Å². The average Bonchev–Trinajstić information content (AvgIpc) is 3.29. The Morgan fingerprint density at radius 3 is 1.90 bits per heavy atom. The number of carbonyl (C=O) groups is 5. The number of hydrogen-bond donors (Lipinski definition) is 1. The monoisotopic (exact) mass is 674 g/mol. The van der Waals surface area contributed by atoms with Gasteiger partial charge in [-0.2, -0.15) is 0 Å². The molecule has 4 aliphatic carbocycles. The maximum atomic E-state index is 13.9. The van der Waals surface area contributed by atoms with E-state index in [4.69, 9.17) is 28.4 Å². The quantitative estimate of drug-likeness (QED) is 0.236. The maximum absolute atomic E-state index is 13.9. The molecule has 13 atom stereocenters. The van der Waals surface area contributed by atoms with Crippen molar-refractivity contribution in [1.82, 2.24) is 0 Å². The molecular formula is C36H50O12. The molecule has 5 rings (SSSR count). The number of hydrogen-bond acceptors (Lipinski definition) is 12. The lowest BCUT2D eigenvalue weighted by molar-refractivity contribution is -0.289. The third-order valence-electron chi connectivity index (χ3n) is 12.3. The van der Waals surface area contributed by atoms with Gasteiger partial charge in [-0.3, -0.25) is 14.4 Å². The topological polar surface area (TPSA) is 161 Å². The summed E-state index contributed by atoms with van der Waals surface area (Å²) >= 11 is 0. The molecule has 2 bridgehead atoms. The molecule has 0 radical (unpaired) electrons. The van der Waals surface area contributed by atoms with Crippen molar-refractivity contribution in [1.29, 1.82) is 0 Å². The minimum absolute atomic E-state index is 0.00609. The Kier molecular flexibility index (Phi) is 8.98. The zero-order valence-electron chi connectivity index (χ0n) is 29.8. The zero-order chi connectivity index (χ0) is 35.9. The van der Waals surface area contributed by atoms with Gasteiger partial charge in [-0.05, 0) is 70.6 Å². The summed E-state index contributed by atoms with van der Waals surface area (Å²) < 4.78 is 38.0. The molecule has 266 valence electrons. The highest BCUT2D eigenvalue weighted by Crippen LogP contribution is 2.80. The van der Waals surface area contributed by atoms with Crippen molar-refractivity contribution in [3.8, 4) is 0 Å². The summed E-state index contributed by atoms with van der Waals surface area (Å²) in [6.07, 6.45) is -3.01. The number of fused-ring (bicyclic) bond motifs is 2. The van der Waals surface area contributed by atoms with Gasteiger partial charge in [-0.15, -0.1) is 0 Å². The van der Waals surface area contributed by atoms with Crippen LogP contribution in [0.25, 0.3) is 0 Å². The van der Waals surface area contributed by atoms with Crippen LogP contribution in [0.3, 0.4) is 0 Å². The molecule has 0 amide bonds. The van der Waals surface area contributed by atoms with Crippen molar-refractivity contribution >= 4 is 29.8 Å². The number of esters is 5. The second-order valence-corrected chi connectivity index (χ2v) is 15.3. The lowest BCUT2D eigenvalue weighted by Crippen LogP contribution is -2.66. The van der Waals surface area contributed by atoms with Crippen molar-refractivity contribution in [3.05, 3.63) is 23.3 Å². The van der Waals surface area contributed by atoms with Gasteiger partial charge in [-0.25, -0.2) is 9.59 Å². The van der Waals surface area contributed by atoms with Crippen LogP contribution in [0.5, 0.6) is 0 Å². The maximum Gasteiger partial charge on any atom is 0.334 e. The first-order valence-corrected chi connectivity index (χ1v) is 16.8. The summed E-state index contributed by atoms with van der Waals surface area (Å²) in [4.78, 5) is 66.4. The summed E-state index contributed by atoms with van der Waals surface area (Å²) in [6.45, 7) is 18.0. The van der Waals surface area contributed by atoms with Gasteiger partial charge in [0.15, 0.2) is 18.0 Å². The molecule has 0 unspecified atom stereocenters. The van der Waals surface area contributed by atoms with Crippen LogP contribution in [0.1, 0.15) is 89.0 Å². The Balaban J connectivity index is 1.90. The van der Waals surface area contributed by atoms with Gasteiger partial charge in [0.2, 0.25) is 0 Å². The van der Waals surface area contributed by atoms with Crippen molar-refractivity contribution in [3.63, 3.8) is 0 Å². The first-order valence-electron chi connectivity index (χ1n) is 16.8. The molecule has 0 aromatic heterocycles. The van der Waals surface area contributed by atoms with Crippen molar-refractivity contribution in [2.45, 2.75) is 131 Å². The molecule has 1 aliphatic heterocycles. The Morgan fingerprint density at radius 1 is 0.792 bits per heavy atom. The summed E-state index contributed by atoms with van der Waals surface area (Å²) in [5, 5.41) is 12.4. The number of aliphatic hydroxyl groups excluding tert-OH is 1. The fourth-order valence-corrected chi connectivity index (χ4v) is 10.2. The second-order valence-electron chi connectivity index (χ2n) is 15.3. The highest BCUT2D eigenvalue weighted by molar-refractivity contribution is 5.88. The molecule has 5 fully saturated rings. The van der Waals surface area contributed by atoms with E-state index in [-0.39, 0.29) is 29.2 Å². The normalized spacial score (nSPS) is 43.8. The lowest BCUT2D eigenvalue weighted by Gasteiger charge is -2.52. The SMILES string of the molecule is C/C=C(/C)C(=O)O[C@]12C[C@H](C)[C@H](OC(C)=O)[C@@H]1[C@@H](OC(C)=O)[C@@]13[C@@H](O)O[C@@](C)([C@H]2OC(C)=O)[C@@H]1[C@@H]1[C@H](C[C@H]3OC(=O)/C(C)=C/C)C1(C)C. The molecule has 0 aromatic rings. The van der Waals surface area contributed by atoms with E-state index in [2.05, 4.69) is 13.8 Å². The van der Waals surface area contributed by atoms with Crippen LogP contribution in [0.15, 0.2) is 23.3 Å². The Hall–Kier alpha value is -3.25. The van der Waals surface area contributed by atoms with E-state index < -0.39 is 94.9 Å². The zero-order valence-corrected chi connectivity index (χ0v) is 29.8. The highest BCUT2D eigenvalue weighted by atomic mass is 16.7. The van der Waals surface area contributed by atoms with Crippen molar-refractivity contribution in [2.75, 3.05) is 0 Å². The van der Waals surface area contributed by atoms with Crippen LogP contribution >= 0.6 is 0 Å². The van der Waals surface area contributed by atoms with Crippen LogP contribution in [0, 0.1) is 40.4 Å². The van der Waals surface area contributed by atoms with Crippen LogP contribution in [0.4, 0.5) is 0 Å². The smallest absolute Gasteiger partial charge is 0.334 e. The standard InChI is InChI=1S/C36H50O12/c1-12-16(3)29(40)46-23-14-22-24(33(22,9)10)27-34(11)31(45-21(8)39)35(47-30(41)17(4)13-2)15-18(5)26(43-19(6)37)25(35)28(44-20(7)38)36(23,27)32(42)48-34/h12-13,18,22-28,31-32,42H,14-15H2,1-11H3/b16-12+,17-13-/t18-,22-,23+,24-,25+,26-,27-,28+,31+,32-,34+,35+,36-/m0/s1. The van der Waals surface area contributed by atoms with Crippen LogP contribution in [-0.4, -0.2) is 76.9 Å². The molecule has 48 heavy (non-hydrogen) atoms. The molecule has 1 heterocycles. The molecule has 1 saturated heterocycles. The number of allylic oxidation sites excluding steroid dienone is 2. The Bertz CT molecular complexity index is 1460. The van der Waals surface area contributed by atoms with Gasteiger partial charge in [0, 0.05) is 37.8 Å². The molecule has 0 spiro atoms. The highest BCUT2D eigenvalue weighted by Gasteiger charge is 2.89. The van der Waals surface area contributed by atoms with Crippen molar-refractivity contribution < 1.29 is 57.5 Å². The molecule has 1 N–H and O–H groups in total. The van der Waals surface area contributed by atoms with Gasteiger partial charge >= 0.3 is 29.8 Å². The van der Waals surface area contributed by atoms with Gasteiger partial charge in [-0.1, -0.05) is 32.9 Å². The Morgan fingerprint density at radius 2 is 1.35 bits per heavy atom. The third-order valence-corrected chi connectivity index (χ3v) is 12.3. The number of carbonyl (C=O) groups excluding carboxylic acids is 5. The minimum Gasteiger partial charge on any atom is -0.462 e. The fourth-order valence-electron chi connectivity index (χ4n) is 10.2. The number of rotatable bonds is 7. The van der Waals surface area contributed by atoms with E-state index in [0.29, 0.717) is 12.0 Å². The first-order chi connectivity index (χ1) is 22.2. The van der Waals surface area contributed by atoms with E-state index >= 15 is 0 Å². The average molecular weight is 675 g/mol. The van der Waals surface area contributed by atoms with Gasteiger partial charge in [0.05, 0.1) is 5.92 Å². The van der Waals surface area contributed by atoms with Crippen LogP contribution in [-0.2, 0) is 52.4 Å². The van der Waals surface area contributed by atoms with E-state index in [9.17, 15) is 29.1 Å². The molecule has 4 saturated carbocycles. The first kappa shape index (κ1) is 36.0. The Labute approximate surface area is 281 Å². The largest absolute Gasteiger partial charge is 0.462 e. The van der Waals surface area contributed by atoms with Gasteiger partial charge in [0.1, 0.15) is 29.3 Å². The summed E-state index contributed by atoms with van der Waals surface area (Å²) in [5.74, 6) is -6.00. The molecule has 5 aliphatic rings. The van der Waals surface area contributed by atoms with Gasteiger partial charge < -0.3 is 33.5 Å². The van der Waals surface area contributed by atoms with Gasteiger partial charge in [0.25, 0.3) is 0 Å². The van der Waals surface area contributed by atoms with E-state index in [1.807, 2.05) is 0 Å². The lowest BCUT2D eigenvalue weighted by atomic mass is 9.56. The van der Waals surface area contributed by atoms with Crippen LogP contribution < -0.4 is 0 Å². The minimum atomic E-state index is -1.78. The predicted molar refractivity (Wildman–Crippen MR) is 168 cm³/mol. The second kappa shape index (κ2) is 12.0. The van der Waals surface area contributed by atoms with Crippen LogP contribution in [0.2, 0.25) is 0 Å². The fraction of sp³-hybridized carbons (Fsp3) is 0.750. The molecule has 12 heteroatoms. The van der Waals surface area contributed by atoms with E-state index in [1.165, 1.54) is 20.8 Å². The predicted octanol–water partition coefficient (Wildman–Crippen LogP) is 3.96. The molecule has 0 aromatic carbocycles. The number of aliphatic hydroxyl groups is 1.